The molecule has 0 N–H and O–H groups in total. The van der Waals surface area contributed by atoms with Gasteiger partial charge in [-0.15, -0.1) is 0 Å². The second-order valence-corrected chi connectivity index (χ2v) is 6.88. The number of benzene rings is 2. The monoisotopic (exact) mass is 310 g/mol. The molecule has 1 aliphatic carbocycles. The van der Waals surface area contributed by atoms with Gasteiger partial charge in [-0.2, -0.15) is 0 Å². The predicted molar refractivity (Wildman–Crippen MR) is 92.0 cm³/mol. The van der Waals surface area contributed by atoms with Crippen LogP contribution in [0.1, 0.15) is 48.5 Å². The third-order valence-corrected chi connectivity index (χ3v) is 4.99. The molecule has 1 saturated carbocycles. The van der Waals surface area contributed by atoms with E-state index in [0.29, 0.717) is 5.56 Å². The van der Waals surface area contributed by atoms with Gasteiger partial charge in [-0.05, 0) is 42.9 Å². The first kappa shape index (κ1) is 15.9. The Labute approximate surface area is 137 Å². The van der Waals surface area contributed by atoms with Gasteiger partial charge in [0, 0.05) is 17.0 Å². The summed E-state index contributed by atoms with van der Waals surface area (Å²) < 4.78 is 14.1. The van der Waals surface area contributed by atoms with Gasteiger partial charge in [0.25, 0.3) is 0 Å². The van der Waals surface area contributed by atoms with Crippen LogP contribution < -0.4 is 0 Å². The highest BCUT2D eigenvalue weighted by molar-refractivity contribution is 5.98. The van der Waals surface area contributed by atoms with Gasteiger partial charge in [0.1, 0.15) is 5.82 Å². The third kappa shape index (κ3) is 3.52. The van der Waals surface area contributed by atoms with Gasteiger partial charge >= 0.3 is 0 Å². The lowest BCUT2D eigenvalue weighted by molar-refractivity contribution is 0.0875. The summed E-state index contributed by atoms with van der Waals surface area (Å²) in [6.07, 6.45) is 4.27. The van der Waals surface area contributed by atoms with Crippen LogP contribution in [0.3, 0.4) is 0 Å². The summed E-state index contributed by atoms with van der Waals surface area (Å²) in [6, 6.07) is 12.6. The molecular weight excluding hydrogens is 287 g/mol. The molecule has 0 atom stereocenters. The minimum atomic E-state index is -0.217. The topological polar surface area (TPSA) is 17.1 Å². The Bertz CT molecular complexity index is 694. The summed E-state index contributed by atoms with van der Waals surface area (Å²) in [4.78, 5) is 12.6. The standard InChI is InChI=1S/C21H23FO/c1-14-3-6-17(7-4-14)21(23)18-10-8-16(9-11-18)19-12-5-15(2)13-20(19)22/h5,8-14,17H,3-4,6-7H2,1-2H3. The quantitative estimate of drug-likeness (QED) is 0.654. The number of Topliss-reactive ketones (excluding diaryl/α,β-unsaturated/α-hetero) is 1. The Morgan fingerprint density at radius 1 is 1.00 bits per heavy atom. The van der Waals surface area contributed by atoms with E-state index in [1.54, 1.807) is 6.07 Å². The van der Waals surface area contributed by atoms with Gasteiger partial charge in [-0.3, -0.25) is 4.79 Å². The fraction of sp³-hybridized carbons (Fsp3) is 0.381. The molecule has 0 amide bonds. The van der Waals surface area contributed by atoms with Gasteiger partial charge in [0.2, 0.25) is 0 Å². The molecule has 0 saturated heterocycles. The Kier molecular flexibility index (Phi) is 4.61. The molecular formula is C21H23FO. The zero-order valence-corrected chi connectivity index (χ0v) is 13.8. The molecule has 0 heterocycles. The van der Waals surface area contributed by atoms with E-state index in [1.807, 2.05) is 37.3 Å². The first-order chi connectivity index (χ1) is 11.0. The number of halogens is 1. The highest BCUT2D eigenvalue weighted by atomic mass is 19.1. The lowest BCUT2D eigenvalue weighted by Crippen LogP contribution is -2.20. The number of ketones is 1. The first-order valence-corrected chi connectivity index (χ1v) is 8.45. The molecule has 0 aliphatic heterocycles. The molecule has 1 fully saturated rings. The van der Waals surface area contributed by atoms with E-state index in [-0.39, 0.29) is 17.5 Å². The summed E-state index contributed by atoms with van der Waals surface area (Å²) >= 11 is 0. The van der Waals surface area contributed by atoms with Crippen LogP contribution in [0.4, 0.5) is 4.39 Å². The Morgan fingerprint density at radius 2 is 1.65 bits per heavy atom. The van der Waals surface area contributed by atoms with Crippen molar-refractivity contribution < 1.29 is 9.18 Å². The highest BCUT2D eigenvalue weighted by Gasteiger charge is 2.25. The minimum Gasteiger partial charge on any atom is -0.294 e. The molecule has 0 radical (unpaired) electrons. The van der Waals surface area contributed by atoms with Crippen LogP contribution in [-0.2, 0) is 0 Å². The van der Waals surface area contributed by atoms with Gasteiger partial charge in [-0.1, -0.05) is 56.2 Å². The van der Waals surface area contributed by atoms with E-state index in [2.05, 4.69) is 6.92 Å². The molecule has 1 aliphatic rings. The van der Waals surface area contributed by atoms with Crippen molar-refractivity contribution >= 4 is 5.78 Å². The summed E-state index contributed by atoms with van der Waals surface area (Å²) in [5, 5.41) is 0. The van der Waals surface area contributed by atoms with Gasteiger partial charge in [-0.25, -0.2) is 4.39 Å². The zero-order chi connectivity index (χ0) is 16.4. The van der Waals surface area contributed by atoms with E-state index >= 15 is 0 Å². The molecule has 0 bridgehead atoms. The maximum Gasteiger partial charge on any atom is 0.165 e. The van der Waals surface area contributed by atoms with E-state index in [0.717, 1.165) is 48.3 Å². The number of hydrogen-bond acceptors (Lipinski definition) is 1. The summed E-state index contributed by atoms with van der Waals surface area (Å²) in [6.45, 7) is 4.13. The molecule has 120 valence electrons. The van der Waals surface area contributed by atoms with Crippen LogP contribution in [0.25, 0.3) is 11.1 Å². The summed E-state index contributed by atoms with van der Waals surface area (Å²) in [7, 11) is 0. The lowest BCUT2D eigenvalue weighted by atomic mass is 9.79. The second kappa shape index (κ2) is 6.66. The Hall–Kier alpha value is -1.96. The largest absolute Gasteiger partial charge is 0.294 e. The van der Waals surface area contributed by atoms with Crippen LogP contribution in [-0.4, -0.2) is 5.78 Å². The van der Waals surface area contributed by atoms with Crippen LogP contribution in [0.15, 0.2) is 42.5 Å². The average molecular weight is 310 g/mol. The first-order valence-electron chi connectivity index (χ1n) is 8.45. The molecule has 2 heteroatoms. The second-order valence-electron chi connectivity index (χ2n) is 6.88. The molecule has 2 aromatic rings. The molecule has 0 aromatic heterocycles. The molecule has 0 unspecified atom stereocenters. The van der Waals surface area contributed by atoms with E-state index < -0.39 is 0 Å². The lowest BCUT2D eigenvalue weighted by Gasteiger charge is -2.25. The summed E-state index contributed by atoms with van der Waals surface area (Å²) in [5.74, 6) is 0.928. The molecule has 1 nitrogen and oxygen atoms in total. The SMILES string of the molecule is Cc1ccc(-c2ccc(C(=O)C3CCC(C)CC3)cc2)c(F)c1. The van der Waals surface area contributed by atoms with Gasteiger partial charge < -0.3 is 0 Å². The van der Waals surface area contributed by atoms with Crippen molar-refractivity contribution in [3.63, 3.8) is 0 Å². The smallest absolute Gasteiger partial charge is 0.165 e. The molecule has 23 heavy (non-hydrogen) atoms. The molecule has 3 rings (SSSR count). The van der Waals surface area contributed by atoms with Crippen molar-refractivity contribution in [2.45, 2.75) is 39.5 Å². The number of carbonyl (C=O) groups excluding carboxylic acids is 1. The number of hydrogen-bond donors (Lipinski definition) is 0. The van der Waals surface area contributed by atoms with E-state index in [4.69, 9.17) is 0 Å². The van der Waals surface area contributed by atoms with Crippen molar-refractivity contribution in [3.8, 4) is 11.1 Å². The van der Waals surface area contributed by atoms with Crippen LogP contribution in [0, 0.1) is 24.6 Å². The Balaban J connectivity index is 1.78. The van der Waals surface area contributed by atoms with Crippen molar-refractivity contribution in [1.82, 2.24) is 0 Å². The maximum absolute atomic E-state index is 14.1. The molecule has 0 spiro atoms. The average Bonchev–Trinajstić information content (AvgIpc) is 2.55. The van der Waals surface area contributed by atoms with Gasteiger partial charge in [0.05, 0.1) is 0 Å². The fourth-order valence-corrected chi connectivity index (χ4v) is 3.43. The Morgan fingerprint density at radius 3 is 2.26 bits per heavy atom. The van der Waals surface area contributed by atoms with Crippen molar-refractivity contribution in [1.29, 1.82) is 0 Å². The third-order valence-electron chi connectivity index (χ3n) is 4.99. The van der Waals surface area contributed by atoms with Crippen molar-refractivity contribution in [2.75, 3.05) is 0 Å². The van der Waals surface area contributed by atoms with Gasteiger partial charge in [0.15, 0.2) is 5.78 Å². The zero-order valence-electron chi connectivity index (χ0n) is 13.8. The maximum atomic E-state index is 14.1. The predicted octanol–water partition coefficient (Wildman–Crippen LogP) is 5.81. The number of rotatable bonds is 3. The van der Waals surface area contributed by atoms with Crippen LogP contribution >= 0.6 is 0 Å². The fourth-order valence-electron chi connectivity index (χ4n) is 3.43. The number of aryl methyl sites for hydroxylation is 1. The summed E-state index contributed by atoms with van der Waals surface area (Å²) in [5.41, 5.74) is 3.06. The van der Waals surface area contributed by atoms with Crippen molar-refractivity contribution in [2.24, 2.45) is 11.8 Å². The minimum absolute atomic E-state index is 0.160. The van der Waals surface area contributed by atoms with Crippen LogP contribution in [0.5, 0.6) is 0 Å². The van der Waals surface area contributed by atoms with Crippen molar-refractivity contribution in [3.05, 3.63) is 59.4 Å². The van der Waals surface area contributed by atoms with E-state index in [9.17, 15) is 9.18 Å². The highest BCUT2D eigenvalue weighted by Crippen LogP contribution is 2.31. The normalized spacial score (nSPS) is 21.2. The van der Waals surface area contributed by atoms with Crippen LogP contribution in [0.2, 0.25) is 0 Å². The molecule has 2 aromatic carbocycles. The van der Waals surface area contributed by atoms with E-state index in [1.165, 1.54) is 6.07 Å². The number of carbonyl (C=O) groups is 1.